The molecule has 0 rings (SSSR count). The lowest BCUT2D eigenvalue weighted by Crippen LogP contribution is -2.70. The second kappa shape index (κ2) is 7.95. The van der Waals surface area contributed by atoms with Crippen molar-refractivity contribution < 1.29 is 57.1 Å². The van der Waals surface area contributed by atoms with E-state index in [4.69, 9.17) is 0 Å². The van der Waals surface area contributed by atoms with E-state index in [0.29, 0.717) is 19.3 Å². The van der Waals surface area contributed by atoms with E-state index in [0.717, 1.165) is 0 Å². The molecule has 27 heavy (non-hydrogen) atoms. The average molecular weight is 428 g/mol. The summed E-state index contributed by atoms with van der Waals surface area (Å²) in [4.78, 5) is 0. The fraction of sp³-hybridized carbons (Fsp3) is 0.857. The molecule has 0 unspecified atom stereocenters. The zero-order valence-electron chi connectivity index (χ0n) is 13.4. The lowest BCUT2D eigenvalue weighted by atomic mass is 9.92. The molecule has 0 aromatic rings. The van der Waals surface area contributed by atoms with Gasteiger partial charge in [0.1, 0.15) is 0 Å². The predicted molar refractivity (Wildman–Crippen MR) is 67.3 cm³/mol. The molecule has 0 N–H and O–H groups in total. The van der Waals surface area contributed by atoms with Gasteiger partial charge in [-0.15, -0.1) is 5.92 Å². The molecule has 0 amide bonds. The van der Waals surface area contributed by atoms with Crippen molar-refractivity contribution in [1.82, 2.24) is 0 Å². The molecule has 0 saturated carbocycles. The maximum absolute atomic E-state index is 13.3. The van der Waals surface area contributed by atoms with Gasteiger partial charge in [0.05, 0.1) is 6.42 Å². The van der Waals surface area contributed by atoms with E-state index in [1.54, 1.807) is 6.92 Å². The van der Waals surface area contributed by atoms with Gasteiger partial charge in [-0.2, -0.15) is 57.1 Å². The molecule has 0 heterocycles. The Morgan fingerprint density at radius 3 is 1.41 bits per heavy atom. The van der Waals surface area contributed by atoms with Gasteiger partial charge >= 0.3 is 35.8 Å². The van der Waals surface area contributed by atoms with Crippen LogP contribution in [0.1, 0.15) is 39.0 Å². The Morgan fingerprint density at radius 1 is 0.556 bits per heavy atom. The van der Waals surface area contributed by atoms with Crippen LogP contribution in [0.25, 0.3) is 0 Å². The highest BCUT2D eigenvalue weighted by Gasteiger charge is 2.90. The van der Waals surface area contributed by atoms with E-state index in [1.807, 2.05) is 5.92 Å². The Morgan fingerprint density at radius 2 is 1.00 bits per heavy atom. The summed E-state index contributed by atoms with van der Waals surface area (Å²) in [7, 11) is 0. The van der Waals surface area contributed by atoms with E-state index in [1.165, 1.54) is 5.92 Å². The first-order valence-electron chi connectivity index (χ1n) is 7.22. The Bertz CT molecular complexity index is 548. The van der Waals surface area contributed by atoms with E-state index in [2.05, 4.69) is 0 Å². The summed E-state index contributed by atoms with van der Waals surface area (Å²) in [6.45, 7) is 1.74. The van der Waals surface area contributed by atoms with Crippen molar-refractivity contribution in [1.29, 1.82) is 0 Å². The average Bonchev–Trinajstić information content (AvgIpc) is 2.48. The molecule has 0 radical (unpaired) electrons. The van der Waals surface area contributed by atoms with Crippen LogP contribution >= 0.6 is 0 Å². The standard InChI is InChI=1S/C14H13F13/c1-2-3-4-5-6-7-8-9(15,16)10(17,18)11(19,20)12(21,22)13(23,24)14(25,26)27/h2-5,8H2,1H3. The Kier molecular flexibility index (Phi) is 7.55. The van der Waals surface area contributed by atoms with Crippen LogP contribution in [0.5, 0.6) is 0 Å². The largest absolute Gasteiger partial charge is 0.460 e. The van der Waals surface area contributed by atoms with Gasteiger partial charge in [-0.05, 0) is 6.42 Å². The number of hydrogen-bond acceptors (Lipinski definition) is 0. The third-order valence-corrected chi connectivity index (χ3v) is 3.34. The molecule has 13 heteroatoms. The number of unbranched alkanes of at least 4 members (excludes halogenated alkanes) is 3. The minimum absolute atomic E-state index is 0.131. The molecule has 0 saturated heterocycles. The van der Waals surface area contributed by atoms with Crippen LogP contribution in [0.4, 0.5) is 57.1 Å². The smallest absolute Gasteiger partial charge is 0.199 e. The van der Waals surface area contributed by atoms with Crippen LogP contribution in [-0.2, 0) is 0 Å². The Labute approximate surface area is 145 Å². The van der Waals surface area contributed by atoms with Crippen LogP contribution in [0, 0.1) is 11.8 Å². The van der Waals surface area contributed by atoms with Crippen molar-refractivity contribution >= 4 is 0 Å². The molecule has 0 spiro atoms. The summed E-state index contributed by atoms with van der Waals surface area (Å²) in [5.41, 5.74) is 0. The Balaban J connectivity index is 5.74. The van der Waals surface area contributed by atoms with Gasteiger partial charge in [0.25, 0.3) is 0 Å². The van der Waals surface area contributed by atoms with Crippen molar-refractivity contribution in [3.63, 3.8) is 0 Å². The van der Waals surface area contributed by atoms with Gasteiger partial charge in [0.15, 0.2) is 0 Å². The molecule has 0 aliphatic heterocycles. The topological polar surface area (TPSA) is 0 Å². The lowest BCUT2D eigenvalue weighted by molar-refractivity contribution is -0.439. The summed E-state index contributed by atoms with van der Waals surface area (Å²) >= 11 is 0. The first kappa shape index (κ1) is 25.6. The van der Waals surface area contributed by atoms with Crippen LogP contribution in [-0.4, -0.2) is 35.8 Å². The molecule has 0 aromatic heterocycles. The van der Waals surface area contributed by atoms with Crippen LogP contribution < -0.4 is 0 Å². The van der Waals surface area contributed by atoms with Crippen LogP contribution in [0.15, 0.2) is 0 Å². The van der Waals surface area contributed by atoms with Crippen molar-refractivity contribution in [3.05, 3.63) is 0 Å². The monoisotopic (exact) mass is 428 g/mol. The number of rotatable bonds is 8. The Hall–Kier alpha value is -1.35. The molecule has 0 aliphatic rings. The van der Waals surface area contributed by atoms with Gasteiger partial charge in [-0.3, -0.25) is 0 Å². The summed E-state index contributed by atoms with van der Waals surface area (Å²) in [6, 6.07) is 0. The summed E-state index contributed by atoms with van der Waals surface area (Å²) in [5, 5.41) is 0. The fourth-order valence-corrected chi connectivity index (χ4v) is 1.64. The molecular weight excluding hydrogens is 415 g/mol. The molecule has 0 aliphatic carbocycles. The maximum atomic E-state index is 13.3. The molecule has 0 aromatic carbocycles. The summed E-state index contributed by atoms with van der Waals surface area (Å²) < 4.78 is 166. The highest BCUT2D eigenvalue weighted by molar-refractivity contribution is 5.13. The van der Waals surface area contributed by atoms with Gasteiger partial charge < -0.3 is 0 Å². The quantitative estimate of drug-likeness (QED) is 0.229. The van der Waals surface area contributed by atoms with Crippen molar-refractivity contribution in [3.8, 4) is 11.8 Å². The zero-order valence-corrected chi connectivity index (χ0v) is 13.4. The molecule has 0 fully saturated rings. The van der Waals surface area contributed by atoms with E-state index in [-0.39, 0.29) is 6.42 Å². The highest BCUT2D eigenvalue weighted by atomic mass is 19.4. The second-order valence-electron chi connectivity index (χ2n) is 5.49. The van der Waals surface area contributed by atoms with Gasteiger partial charge in [-0.25, -0.2) is 0 Å². The van der Waals surface area contributed by atoms with Gasteiger partial charge in [0.2, 0.25) is 0 Å². The number of alkyl halides is 13. The van der Waals surface area contributed by atoms with E-state index < -0.39 is 42.2 Å². The number of halogens is 13. The molecule has 0 bridgehead atoms. The number of hydrogen-bond donors (Lipinski definition) is 0. The molecule has 0 nitrogen and oxygen atoms in total. The van der Waals surface area contributed by atoms with Crippen molar-refractivity contribution in [2.24, 2.45) is 0 Å². The first-order valence-corrected chi connectivity index (χ1v) is 7.22. The molecular formula is C14H13F13. The first-order chi connectivity index (χ1) is 11.8. The molecule has 0 atom stereocenters. The predicted octanol–water partition coefficient (Wildman–Crippen LogP) is 6.70. The third kappa shape index (κ3) is 4.56. The minimum atomic E-state index is -7.86. The van der Waals surface area contributed by atoms with Gasteiger partial charge in [0, 0.05) is 6.42 Å². The van der Waals surface area contributed by atoms with E-state index in [9.17, 15) is 57.1 Å². The maximum Gasteiger partial charge on any atom is 0.460 e. The zero-order chi connectivity index (χ0) is 21.9. The fourth-order valence-electron chi connectivity index (χ4n) is 1.64. The SMILES string of the molecule is CCCCCC#CCC(F)(F)C(F)(F)C(F)(F)C(F)(F)C(F)(F)C(F)(F)F. The summed E-state index contributed by atoms with van der Waals surface area (Å²) in [6.07, 6.45) is -8.45. The van der Waals surface area contributed by atoms with Crippen LogP contribution in [0.2, 0.25) is 0 Å². The minimum Gasteiger partial charge on any atom is -0.199 e. The molecule has 160 valence electrons. The summed E-state index contributed by atoms with van der Waals surface area (Å²) in [5.74, 6) is -33.5. The normalized spacial score (nSPS) is 14.7. The van der Waals surface area contributed by atoms with E-state index >= 15 is 0 Å². The lowest BCUT2D eigenvalue weighted by Gasteiger charge is -2.39. The second-order valence-corrected chi connectivity index (χ2v) is 5.49. The van der Waals surface area contributed by atoms with Crippen molar-refractivity contribution in [2.75, 3.05) is 0 Å². The highest BCUT2D eigenvalue weighted by Crippen LogP contribution is 2.60. The van der Waals surface area contributed by atoms with Gasteiger partial charge in [-0.1, -0.05) is 25.7 Å². The third-order valence-electron chi connectivity index (χ3n) is 3.34. The van der Waals surface area contributed by atoms with Crippen molar-refractivity contribution in [2.45, 2.75) is 74.8 Å². The van der Waals surface area contributed by atoms with Crippen LogP contribution in [0.3, 0.4) is 0 Å².